The van der Waals surface area contributed by atoms with E-state index in [0.29, 0.717) is 26.2 Å². The first-order chi connectivity index (χ1) is 7.06. The molecular weight excluding hydrogens is 284 g/mol. The van der Waals surface area contributed by atoms with E-state index in [2.05, 4.69) is 20.7 Å². The van der Waals surface area contributed by atoms with Crippen molar-refractivity contribution in [3.05, 3.63) is 0 Å². The van der Waals surface area contributed by atoms with E-state index < -0.39 is 10.2 Å². The zero-order valence-electron chi connectivity index (χ0n) is 8.78. The molecule has 1 aliphatic rings. The van der Waals surface area contributed by atoms with Gasteiger partial charge in [0, 0.05) is 26.7 Å². The van der Waals surface area contributed by atoms with Crippen molar-refractivity contribution in [3.63, 3.8) is 0 Å². The molecule has 1 atom stereocenters. The molecule has 0 aromatic carbocycles. The lowest BCUT2D eigenvalue weighted by Gasteiger charge is -2.17. The summed E-state index contributed by atoms with van der Waals surface area (Å²) in [5, 5.41) is 0. The van der Waals surface area contributed by atoms with Crippen molar-refractivity contribution in [1.82, 2.24) is 9.03 Å². The first-order valence-corrected chi connectivity index (χ1v) is 7.29. The quantitative estimate of drug-likeness (QED) is 0.719. The number of halogens is 1. The second-order valence-electron chi connectivity index (χ2n) is 3.51. The Morgan fingerprint density at radius 3 is 2.60 bits per heavy atom. The van der Waals surface area contributed by atoms with Crippen LogP contribution in [0.15, 0.2) is 0 Å². The fourth-order valence-electron chi connectivity index (χ4n) is 1.46. The van der Waals surface area contributed by atoms with Crippen molar-refractivity contribution in [1.29, 1.82) is 0 Å². The van der Waals surface area contributed by atoms with E-state index in [9.17, 15) is 8.42 Å². The zero-order chi connectivity index (χ0) is 11.3. The normalized spacial score (nSPS) is 20.7. The highest BCUT2D eigenvalue weighted by Gasteiger charge is 2.25. The van der Waals surface area contributed by atoms with Gasteiger partial charge in [-0.1, -0.05) is 15.9 Å². The molecule has 1 fully saturated rings. The van der Waals surface area contributed by atoms with Crippen molar-refractivity contribution < 1.29 is 13.2 Å². The van der Waals surface area contributed by atoms with Crippen LogP contribution in [0.1, 0.15) is 12.8 Å². The molecule has 1 saturated heterocycles. The first kappa shape index (κ1) is 13.4. The maximum atomic E-state index is 11.7. The summed E-state index contributed by atoms with van der Waals surface area (Å²) in [6, 6.07) is 0. The van der Waals surface area contributed by atoms with Gasteiger partial charge in [-0.15, -0.1) is 0 Å². The summed E-state index contributed by atoms with van der Waals surface area (Å²) in [7, 11) is -1.69. The minimum atomic E-state index is -3.28. The number of nitrogens with zero attached hydrogens (tertiary/aromatic N) is 1. The molecule has 1 unspecified atom stereocenters. The number of ether oxygens (including phenoxy) is 1. The summed E-state index contributed by atoms with van der Waals surface area (Å²) in [4.78, 5) is 0.0138. The van der Waals surface area contributed by atoms with Gasteiger partial charge in [0.05, 0.1) is 11.4 Å². The zero-order valence-corrected chi connectivity index (χ0v) is 11.2. The summed E-state index contributed by atoms with van der Waals surface area (Å²) in [5.74, 6) is 0. The van der Waals surface area contributed by atoms with Crippen molar-refractivity contribution in [2.75, 3.05) is 33.4 Å². The average Bonchev–Trinajstić information content (AvgIpc) is 2.69. The first-order valence-electron chi connectivity index (χ1n) is 4.94. The van der Waals surface area contributed by atoms with Crippen LogP contribution >= 0.6 is 15.9 Å². The number of alkyl halides is 1. The van der Waals surface area contributed by atoms with E-state index in [1.165, 1.54) is 4.31 Å². The summed E-state index contributed by atoms with van der Waals surface area (Å²) < 4.78 is 32.3. The van der Waals surface area contributed by atoms with Gasteiger partial charge in [-0.05, 0) is 12.8 Å². The molecule has 0 radical (unpaired) electrons. The number of nitrogens with one attached hydrogen (secondary N) is 1. The number of methoxy groups -OCH3 is 1. The standard InChI is InChI=1S/C8H17BrN2O3S/c1-14-7-8(9)6-10-15(12,13)11-4-2-3-5-11/h8,10H,2-7H2,1H3. The predicted octanol–water partition coefficient (Wildman–Crippen LogP) is 0.327. The molecule has 0 saturated carbocycles. The largest absolute Gasteiger partial charge is 0.383 e. The van der Waals surface area contributed by atoms with E-state index in [-0.39, 0.29) is 4.83 Å². The maximum Gasteiger partial charge on any atom is 0.279 e. The van der Waals surface area contributed by atoms with Crippen LogP contribution < -0.4 is 4.72 Å². The third-order valence-corrected chi connectivity index (χ3v) is 4.40. The second-order valence-corrected chi connectivity index (χ2v) is 6.56. The Bertz CT molecular complexity index is 278. The van der Waals surface area contributed by atoms with Gasteiger partial charge < -0.3 is 4.74 Å². The third-order valence-electron chi connectivity index (χ3n) is 2.24. The smallest absolute Gasteiger partial charge is 0.279 e. The fourth-order valence-corrected chi connectivity index (χ4v) is 3.43. The molecule has 5 nitrogen and oxygen atoms in total. The molecule has 90 valence electrons. The number of hydrogen-bond donors (Lipinski definition) is 1. The van der Waals surface area contributed by atoms with Crippen LogP contribution in [0.25, 0.3) is 0 Å². The van der Waals surface area contributed by atoms with Crippen LogP contribution in [0.3, 0.4) is 0 Å². The lowest BCUT2D eigenvalue weighted by Crippen LogP contribution is -2.41. The van der Waals surface area contributed by atoms with Crippen LogP contribution in [-0.2, 0) is 14.9 Å². The van der Waals surface area contributed by atoms with Crippen LogP contribution in [0.2, 0.25) is 0 Å². The van der Waals surface area contributed by atoms with Gasteiger partial charge in [0.2, 0.25) is 0 Å². The van der Waals surface area contributed by atoms with E-state index in [4.69, 9.17) is 4.74 Å². The molecule has 0 aromatic rings. The average molecular weight is 301 g/mol. The Morgan fingerprint density at radius 2 is 2.07 bits per heavy atom. The summed E-state index contributed by atoms with van der Waals surface area (Å²) in [5.41, 5.74) is 0. The Hall–Kier alpha value is 0.310. The Morgan fingerprint density at radius 1 is 1.47 bits per heavy atom. The number of hydrogen-bond acceptors (Lipinski definition) is 3. The Balaban J connectivity index is 2.35. The van der Waals surface area contributed by atoms with Gasteiger partial charge in [-0.2, -0.15) is 12.7 Å². The highest BCUT2D eigenvalue weighted by atomic mass is 79.9. The molecular formula is C8H17BrN2O3S. The SMILES string of the molecule is COCC(Br)CNS(=O)(=O)N1CCCC1. The van der Waals surface area contributed by atoms with Crippen molar-refractivity contribution >= 4 is 26.1 Å². The highest BCUT2D eigenvalue weighted by molar-refractivity contribution is 9.09. The molecule has 0 spiro atoms. The van der Waals surface area contributed by atoms with Gasteiger partial charge >= 0.3 is 0 Å². The molecule has 0 bridgehead atoms. The van der Waals surface area contributed by atoms with E-state index in [0.717, 1.165) is 12.8 Å². The van der Waals surface area contributed by atoms with E-state index >= 15 is 0 Å². The second kappa shape index (κ2) is 6.15. The molecule has 1 aliphatic heterocycles. The summed E-state index contributed by atoms with van der Waals surface area (Å²) >= 11 is 3.33. The Kier molecular flexibility index (Phi) is 5.48. The van der Waals surface area contributed by atoms with Crippen molar-refractivity contribution in [3.8, 4) is 0 Å². The molecule has 1 rings (SSSR count). The minimum Gasteiger partial charge on any atom is -0.383 e. The monoisotopic (exact) mass is 300 g/mol. The van der Waals surface area contributed by atoms with E-state index in [1.54, 1.807) is 7.11 Å². The van der Waals surface area contributed by atoms with Gasteiger partial charge in [-0.25, -0.2) is 4.72 Å². The van der Waals surface area contributed by atoms with Crippen LogP contribution in [0.5, 0.6) is 0 Å². The molecule has 15 heavy (non-hydrogen) atoms. The molecule has 0 aromatic heterocycles. The predicted molar refractivity (Wildman–Crippen MR) is 62.3 cm³/mol. The molecule has 7 heteroatoms. The van der Waals surface area contributed by atoms with Crippen LogP contribution in [0, 0.1) is 0 Å². The van der Waals surface area contributed by atoms with Crippen LogP contribution in [0.4, 0.5) is 0 Å². The molecule has 1 heterocycles. The van der Waals surface area contributed by atoms with Gasteiger partial charge in [0.1, 0.15) is 0 Å². The summed E-state index contributed by atoms with van der Waals surface area (Å²) in [6.07, 6.45) is 1.91. The minimum absolute atomic E-state index is 0.0138. The lowest BCUT2D eigenvalue weighted by atomic mass is 10.4. The lowest BCUT2D eigenvalue weighted by molar-refractivity contribution is 0.201. The topological polar surface area (TPSA) is 58.6 Å². The van der Waals surface area contributed by atoms with Crippen molar-refractivity contribution in [2.24, 2.45) is 0 Å². The van der Waals surface area contributed by atoms with Gasteiger partial charge in [0.15, 0.2) is 0 Å². The molecule has 0 aliphatic carbocycles. The van der Waals surface area contributed by atoms with Crippen molar-refractivity contribution in [2.45, 2.75) is 17.7 Å². The molecule has 1 N–H and O–H groups in total. The maximum absolute atomic E-state index is 11.7. The van der Waals surface area contributed by atoms with Crippen LogP contribution in [-0.4, -0.2) is 50.9 Å². The van der Waals surface area contributed by atoms with Gasteiger partial charge in [0.25, 0.3) is 10.2 Å². The van der Waals surface area contributed by atoms with E-state index in [1.807, 2.05) is 0 Å². The van der Waals surface area contributed by atoms with Gasteiger partial charge in [-0.3, -0.25) is 0 Å². The molecule has 0 amide bonds. The third kappa shape index (κ3) is 4.36. The Labute approximate surface area is 99.5 Å². The number of rotatable bonds is 6. The highest BCUT2D eigenvalue weighted by Crippen LogP contribution is 2.11. The fraction of sp³-hybridized carbons (Fsp3) is 1.00. The summed E-state index contributed by atoms with van der Waals surface area (Å²) in [6.45, 7) is 2.11.